The first-order valence-electron chi connectivity index (χ1n) is 8.33. The number of carbonyl (C=O) groups is 1. The Bertz CT molecular complexity index is 680. The van der Waals surface area contributed by atoms with Crippen LogP contribution < -0.4 is 0 Å². The maximum Gasteiger partial charge on any atom is 0.416 e. The quantitative estimate of drug-likeness (QED) is 0.585. The number of esters is 1. The molecule has 2 aliphatic rings. The van der Waals surface area contributed by atoms with Crippen LogP contribution in [0.2, 0.25) is 0 Å². The number of alkyl halides is 3. The fourth-order valence-electron chi connectivity index (χ4n) is 3.84. The van der Waals surface area contributed by atoms with Gasteiger partial charge in [0.15, 0.2) is 0 Å². The van der Waals surface area contributed by atoms with Crippen LogP contribution in [0.5, 0.6) is 0 Å². The highest BCUT2D eigenvalue weighted by molar-refractivity contribution is 5.87. The third-order valence-corrected chi connectivity index (χ3v) is 5.25. The number of hydrogen-bond donors (Lipinski definition) is 0. The van der Waals surface area contributed by atoms with E-state index in [-0.39, 0.29) is 23.7 Å². The highest BCUT2D eigenvalue weighted by Gasteiger charge is 2.52. The van der Waals surface area contributed by atoms with Crippen LogP contribution in [0.1, 0.15) is 44.2 Å². The third-order valence-electron chi connectivity index (χ3n) is 5.25. The van der Waals surface area contributed by atoms with Crippen LogP contribution >= 0.6 is 0 Å². The largest absolute Gasteiger partial charge is 0.451 e. The molecule has 1 aromatic carbocycles. The van der Waals surface area contributed by atoms with E-state index in [1.165, 1.54) is 12.1 Å². The van der Waals surface area contributed by atoms with E-state index < -0.39 is 23.3 Å². The molecule has 3 nitrogen and oxygen atoms in total. The molecule has 2 heterocycles. The van der Waals surface area contributed by atoms with Gasteiger partial charge < -0.3 is 9.47 Å². The predicted molar refractivity (Wildman–Crippen MR) is 85.7 cm³/mol. The molecule has 0 saturated carbocycles. The zero-order chi connectivity index (χ0) is 18.4. The second-order valence-electron chi connectivity index (χ2n) is 7.07. The summed E-state index contributed by atoms with van der Waals surface area (Å²) in [6.07, 6.45) is -1.75. The molecule has 25 heavy (non-hydrogen) atoms. The van der Waals surface area contributed by atoms with Gasteiger partial charge in [-0.2, -0.15) is 13.2 Å². The minimum Gasteiger partial charge on any atom is -0.451 e. The Morgan fingerprint density at radius 2 is 1.80 bits per heavy atom. The summed E-state index contributed by atoms with van der Waals surface area (Å²) >= 11 is 0. The van der Waals surface area contributed by atoms with Crippen LogP contribution in [0.15, 0.2) is 36.4 Å². The van der Waals surface area contributed by atoms with Gasteiger partial charge in [-0.1, -0.05) is 18.7 Å². The first-order chi connectivity index (χ1) is 11.6. The summed E-state index contributed by atoms with van der Waals surface area (Å²) in [7, 11) is 0. The molecular formula is C19H21F3O3. The maximum absolute atomic E-state index is 12.8. The summed E-state index contributed by atoms with van der Waals surface area (Å²) in [6.45, 7) is 6.90. The number of carbonyl (C=O) groups excluding carboxylic acids is 1. The minimum atomic E-state index is -4.40. The summed E-state index contributed by atoms with van der Waals surface area (Å²) in [6, 6.07) is 4.83. The molecule has 2 fully saturated rings. The zero-order valence-electron chi connectivity index (χ0n) is 14.2. The van der Waals surface area contributed by atoms with E-state index in [4.69, 9.17) is 9.47 Å². The van der Waals surface area contributed by atoms with Gasteiger partial charge in [0.2, 0.25) is 0 Å². The van der Waals surface area contributed by atoms with Gasteiger partial charge in [-0.3, -0.25) is 0 Å². The SMILES string of the molecule is C=C(C)C(=O)OC(C)(c1ccc(C(F)(F)F)cc1)C1CC2CCC1O2. The molecule has 0 aliphatic carbocycles. The molecule has 0 amide bonds. The van der Waals surface area contributed by atoms with Crippen molar-refractivity contribution in [2.24, 2.45) is 5.92 Å². The van der Waals surface area contributed by atoms with Crippen molar-refractivity contribution in [1.82, 2.24) is 0 Å². The van der Waals surface area contributed by atoms with Crippen LogP contribution in [0.3, 0.4) is 0 Å². The Labute approximate surface area is 144 Å². The third kappa shape index (κ3) is 3.32. The van der Waals surface area contributed by atoms with Crippen LogP contribution in [-0.2, 0) is 26.0 Å². The van der Waals surface area contributed by atoms with E-state index in [1.807, 2.05) is 0 Å². The molecule has 0 N–H and O–H groups in total. The average molecular weight is 354 g/mol. The van der Waals surface area contributed by atoms with E-state index in [0.717, 1.165) is 31.4 Å². The lowest BCUT2D eigenvalue weighted by Crippen LogP contribution is -2.42. The summed E-state index contributed by atoms with van der Waals surface area (Å²) in [4.78, 5) is 12.2. The van der Waals surface area contributed by atoms with Crippen molar-refractivity contribution in [2.45, 2.75) is 57.1 Å². The minimum absolute atomic E-state index is 0.0461. The predicted octanol–water partition coefficient (Wildman–Crippen LogP) is 4.61. The second-order valence-corrected chi connectivity index (χ2v) is 7.07. The molecular weight excluding hydrogens is 333 g/mol. The van der Waals surface area contributed by atoms with Crippen molar-refractivity contribution in [3.63, 3.8) is 0 Å². The Hall–Kier alpha value is -1.82. The molecule has 1 aromatic rings. The highest BCUT2D eigenvalue weighted by atomic mass is 19.4. The van der Waals surface area contributed by atoms with E-state index >= 15 is 0 Å². The Morgan fingerprint density at radius 3 is 2.24 bits per heavy atom. The first-order valence-corrected chi connectivity index (χ1v) is 8.33. The monoisotopic (exact) mass is 354 g/mol. The van der Waals surface area contributed by atoms with Gasteiger partial charge >= 0.3 is 12.1 Å². The lowest BCUT2D eigenvalue weighted by atomic mass is 9.74. The second kappa shape index (κ2) is 6.16. The molecule has 0 radical (unpaired) electrons. The summed E-state index contributed by atoms with van der Waals surface area (Å²) in [5.41, 5.74) is -0.993. The molecule has 2 saturated heterocycles. The number of hydrogen-bond acceptors (Lipinski definition) is 3. The molecule has 0 spiro atoms. The molecule has 4 atom stereocenters. The molecule has 4 unspecified atom stereocenters. The smallest absolute Gasteiger partial charge is 0.416 e. The van der Waals surface area contributed by atoms with Gasteiger partial charge in [-0.25, -0.2) is 4.79 Å². The number of rotatable bonds is 4. The number of ether oxygens (including phenoxy) is 2. The Morgan fingerprint density at radius 1 is 1.20 bits per heavy atom. The van der Waals surface area contributed by atoms with E-state index in [1.54, 1.807) is 13.8 Å². The molecule has 6 heteroatoms. The van der Waals surface area contributed by atoms with Crippen LogP contribution in [0.4, 0.5) is 13.2 Å². The van der Waals surface area contributed by atoms with Crippen molar-refractivity contribution in [3.05, 3.63) is 47.5 Å². The molecule has 0 aromatic heterocycles. The molecule has 2 bridgehead atoms. The topological polar surface area (TPSA) is 35.5 Å². The molecule has 2 aliphatic heterocycles. The molecule has 3 rings (SSSR count). The van der Waals surface area contributed by atoms with Gasteiger partial charge in [0, 0.05) is 11.5 Å². The van der Waals surface area contributed by atoms with Crippen molar-refractivity contribution in [2.75, 3.05) is 0 Å². The lowest BCUT2D eigenvalue weighted by Gasteiger charge is -2.38. The zero-order valence-corrected chi connectivity index (χ0v) is 14.2. The van der Waals surface area contributed by atoms with Gasteiger partial charge in [-0.15, -0.1) is 0 Å². The van der Waals surface area contributed by atoms with Crippen molar-refractivity contribution in [1.29, 1.82) is 0 Å². The first kappa shape index (κ1) is 18.0. The van der Waals surface area contributed by atoms with Gasteiger partial charge in [0.05, 0.1) is 17.8 Å². The van der Waals surface area contributed by atoms with E-state index in [2.05, 4.69) is 6.58 Å². The Kier molecular flexibility index (Phi) is 4.43. The van der Waals surface area contributed by atoms with Crippen molar-refractivity contribution < 1.29 is 27.4 Å². The van der Waals surface area contributed by atoms with Crippen molar-refractivity contribution >= 4 is 5.97 Å². The van der Waals surface area contributed by atoms with Crippen LogP contribution in [0.25, 0.3) is 0 Å². The standard InChI is InChI=1S/C19H21F3O3/c1-11(2)17(23)25-18(3,15-10-14-8-9-16(15)24-14)12-4-6-13(7-5-12)19(20,21)22/h4-7,14-16H,1,8-10H2,2-3H3. The van der Waals surface area contributed by atoms with E-state index in [0.29, 0.717) is 5.56 Å². The van der Waals surface area contributed by atoms with Gasteiger partial charge in [-0.05, 0) is 50.8 Å². The van der Waals surface area contributed by atoms with Crippen molar-refractivity contribution in [3.8, 4) is 0 Å². The van der Waals surface area contributed by atoms with Crippen LogP contribution in [0, 0.1) is 5.92 Å². The normalized spacial score (nSPS) is 27.8. The van der Waals surface area contributed by atoms with Gasteiger partial charge in [0.25, 0.3) is 0 Å². The fourth-order valence-corrected chi connectivity index (χ4v) is 3.84. The fraction of sp³-hybridized carbons (Fsp3) is 0.526. The highest BCUT2D eigenvalue weighted by Crippen LogP contribution is 2.49. The van der Waals surface area contributed by atoms with Gasteiger partial charge in [0.1, 0.15) is 5.60 Å². The maximum atomic E-state index is 12.8. The summed E-state index contributed by atoms with van der Waals surface area (Å²) < 4.78 is 50.1. The van der Waals surface area contributed by atoms with E-state index in [9.17, 15) is 18.0 Å². The summed E-state index contributed by atoms with van der Waals surface area (Å²) in [5.74, 6) is -0.642. The van der Waals surface area contributed by atoms with Crippen LogP contribution in [-0.4, -0.2) is 18.2 Å². The lowest BCUT2D eigenvalue weighted by molar-refractivity contribution is -0.163. The number of benzene rings is 1. The average Bonchev–Trinajstić information content (AvgIpc) is 3.17. The molecule has 136 valence electrons. The Balaban J connectivity index is 1.96. The number of halogens is 3. The number of fused-ring (bicyclic) bond motifs is 2. The summed E-state index contributed by atoms with van der Waals surface area (Å²) in [5, 5.41) is 0.